The average molecular weight is 326 g/mol. The van der Waals surface area contributed by atoms with Gasteiger partial charge in [-0.15, -0.1) is 0 Å². The van der Waals surface area contributed by atoms with Crippen LogP contribution in [-0.4, -0.2) is 12.4 Å². The van der Waals surface area contributed by atoms with E-state index >= 15 is 0 Å². The van der Waals surface area contributed by atoms with Crippen LogP contribution in [-0.2, 0) is 16.3 Å². The van der Waals surface area contributed by atoms with Crippen LogP contribution >= 0.6 is 13.6 Å². The van der Waals surface area contributed by atoms with Crippen molar-refractivity contribution in [1.82, 2.24) is 0 Å². The normalized spacial score (nSPS) is 13.5. The monoisotopic (exact) mass is 324 g/mol. The van der Waals surface area contributed by atoms with Crippen LogP contribution in [0.25, 0.3) is 0 Å². The number of rotatable bonds is 0. The van der Waals surface area contributed by atoms with E-state index in [-0.39, 0.29) is 6.08 Å². The van der Waals surface area contributed by atoms with Crippen molar-refractivity contribution in [3.05, 3.63) is 11.9 Å². The quantitative estimate of drug-likeness (QED) is 0.362. The topological polar surface area (TPSA) is 0 Å². The van der Waals surface area contributed by atoms with E-state index < -0.39 is 18.2 Å². The molecule has 0 aromatic heterocycles. The van der Waals surface area contributed by atoms with Crippen molar-refractivity contribution >= 4 is 13.6 Å². The van der Waals surface area contributed by atoms with Gasteiger partial charge in [-0.25, -0.2) is 17.6 Å². The second kappa shape index (κ2) is 5.95. The maximum absolute atomic E-state index is 11.4. The van der Waals surface area contributed by atoms with Crippen molar-refractivity contribution in [3.8, 4) is 0 Å². The first-order valence-electron chi connectivity index (χ1n) is 2.34. The molecule has 0 aromatic carbocycles. The molecule has 9 heteroatoms. The van der Waals surface area contributed by atoms with Crippen LogP contribution in [0.5, 0.6) is 0 Å². The van der Waals surface area contributed by atoms with E-state index in [0.29, 0.717) is 0 Å². The molecule has 0 spiro atoms. The van der Waals surface area contributed by atoms with Crippen molar-refractivity contribution in [2.75, 3.05) is 0 Å². The van der Waals surface area contributed by atoms with Gasteiger partial charge in [-0.05, 0) is 0 Å². The molecular weight excluding hydrogens is 326 g/mol. The Balaban J connectivity index is 0. The van der Waals surface area contributed by atoms with E-state index in [9.17, 15) is 30.7 Å². The van der Waals surface area contributed by atoms with Crippen molar-refractivity contribution in [2.24, 2.45) is 0 Å². The predicted octanol–water partition coefficient (Wildman–Crippen LogP) is 3.61. The molecular formula is C4BrF7Zn. The van der Waals surface area contributed by atoms with Crippen LogP contribution in [0.3, 0.4) is 0 Å². The molecule has 0 radical (unpaired) electrons. The molecule has 0 saturated heterocycles. The molecule has 0 aromatic rings. The predicted molar refractivity (Wildman–Crippen MR) is 28.9 cm³/mol. The van der Waals surface area contributed by atoms with E-state index in [0.717, 1.165) is 0 Å². The van der Waals surface area contributed by atoms with E-state index in [1.165, 1.54) is 16.3 Å². The third kappa shape index (κ3) is 10.3. The van der Waals surface area contributed by atoms with Gasteiger partial charge in [0.25, 0.3) is 6.18 Å². The van der Waals surface area contributed by atoms with Crippen LogP contribution in [0, 0.1) is 6.08 Å². The van der Waals surface area contributed by atoms with Crippen molar-refractivity contribution < 1.29 is 47.1 Å². The van der Waals surface area contributed by atoms with Crippen LogP contribution in [0.4, 0.5) is 30.7 Å². The molecule has 0 nitrogen and oxygen atoms in total. The van der Waals surface area contributed by atoms with E-state index in [2.05, 4.69) is 13.6 Å². The molecule has 0 amide bonds. The fourth-order valence-corrected chi connectivity index (χ4v) is 0.195. The summed E-state index contributed by atoms with van der Waals surface area (Å²) >= 11 is 4.25. The molecule has 0 heterocycles. The third-order valence-corrected chi connectivity index (χ3v) is 0.500. The van der Waals surface area contributed by atoms with Crippen LogP contribution in [0.15, 0.2) is 5.83 Å². The number of halogens is 8. The first-order valence-corrected chi connectivity index (χ1v) is 9.29. The number of hydrogen-bond donors (Lipinski definition) is 0. The average Bonchev–Trinajstić information content (AvgIpc) is 1.86. The van der Waals surface area contributed by atoms with E-state index in [4.69, 9.17) is 0 Å². The first-order chi connectivity index (χ1) is 5.63. The maximum atomic E-state index is 11.4. The molecule has 0 fully saturated rings. The summed E-state index contributed by atoms with van der Waals surface area (Å²) in [6, 6.07) is 0. The zero-order chi connectivity index (χ0) is 11.3. The van der Waals surface area contributed by atoms with Gasteiger partial charge in [-0.3, -0.25) is 0 Å². The summed E-state index contributed by atoms with van der Waals surface area (Å²) < 4.78 is 77.3. The molecule has 0 aliphatic carbocycles. The molecule has 0 aliphatic heterocycles. The fraction of sp³-hybridized carbons (Fsp3) is 0.500. The summed E-state index contributed by atoms with van der Waals surface area (Å²) in [5.41, 5.74) is 0. The van der Waals surface area contributed by atoms with Gasteiger partial charge in [0.1, 0.15) is 0 Å². The zero-order valence-electron chi connectivity index (χ0n) is 5.73. The molecule has 13 heavy (non-hydrogen) atoms. The van der Waals surface area contributed by atoms with Crippen molar-refractivity contribution in [2.45, 2.75) is 12.4 Å². The Hall–Kier alpha value is 0.353. The minimum absolute atomic E-state index is 0.316. The Labute approximate surface area is 85.2 Å². The summed E-state index contributed by atoms with van der Waals surface area (Å²) in [6.45, 7) is 0. The van der Waals surface area contributed by atoms with E-state index in [1.54, 1.807) is 0 Å². The molecule has 0 saturated carbocycles. The first kappa shape index (κ1) is 15.8. The van der Waals surface area contributed by atoms with Gasteiger partial charge < -0.3 is 6.08 Å². The Morgan fingerprint density at radius 3 is 1.38 bits per heavy atom. The standard InChI is InChI=1S/C4F7.BrH.Zn/c5-2(4(9,10)11)1-3(6,7)8;;/h;1H;/q-1;;+2/p-1. The van der Waals surface area contributed by atoms with Crippen LogP contribution in [0.1, 0.15) is 0 Å². The molecule has 74 valence electrons. The molecule has 0 atom stereocenters. The number of hydrogen-bond acceptors (Lipinski definition) is 0. The van der Waals surface area contributed by atoms with Gasteiger partial charge in [-0.2, -0.15) is 13.2 Å². The summed E-state index contributed by atoms with van der Waals surface area (Å²) in [5, 5.41) is 0. The Bertz CT molecular complexity index is 168. The van der Waals surface area contributed by atoms with Crippen molar-refractivity contribution in [3.63, 3.8) is 0 Å². The summed E-state index contributed by atoms with van der Waals surface area (Å²) in [5.74, 6) is -3.27. The van der Waals surface area contributed by atoms with Gasteiger partial charge in [0.2, 0.25) is 0 Å². The number of allylic oxidation sites excluding steroid dienone is 2. The molecule has 0 aliphatic rings. The SMILES string of the molecule is FC(=[C-]C(F)(F)F)C(F)(F)F.[Zn+][Br]. The zero-order valence-corrected chi connectivity index (χ0v) is 10.3. The second-order valence-electron chi connectivity index (χ2n) is 1.43. The number of alkyl halides is 6. The fourth-order valence-electron chi connectivity index (χ4n) is 0.195. The minimum atomic E-state index is -5.62. The summed E-state index contributed by atoms with van der Waals surface area (Å²) in [4.78, 5) is 0. The van der Waals surface area contributed by atoms with Gasteiger partial charge in [-0.1, -0.05) is 0 Å². The van der Waals surface area contributed by atoms with Gasteiger partial charge in [0.15, 0.2) is 0 Å². The third-order valence-electron chi connectivity index (χ3n) is 0.500. The van der Waals surface area contributed by atoms with Crippen LogP contribution in [0.2, 0.25) is 0 Å². The van der Waals surface area contributed by atoms with Gasteiger partial charge in [0.05, 0.1) is 0 Å². The Morgan fingerprint density at radius 1 is 1.00 bits per heavy atom. The summed E-state index contributed by atoms with van der Waals surface area (Å²) in [6.07, 6.45) is -11.3. The molecule has 0 unspecified atom stereocenters. The second-order valence-corrected chi connectivity index (χ2v) is 1.43. The van der Waals surface area contributed by atoms with Gasteiger partial charge in [0, 0.05) is 5.83 Å². The van der Waals surface area contributed by atoms with Gasteiger partial charge >= 0.3 is 36.1 Å². The van der Waals surface area contributed by atoms with E-state index in [1.807, 2.05) is 0 Å². The Kier molecular flexibility index (Phi) is 7.24. The van der Waals surface area contributed by atoms with Crippen LogP contribution < -0.4 is 0 Å². The molecule has 0 rings (SSSR count). The summed E-state index contributed by atoms with van der Waals surface area (Å²) in [7, 11) is 0. The molecule has 0 bridgehead atoms. The Morgan fingerprint density at radius 2 is 1.31 bits per heavy atom. The molecule has 0 N–H and O–H groups in total. The van der Waals surface area contributed by atoms with Crippen molar-refractivity contribution in [1.29, 1.82) is 0 Å².